The van der Waals surface area contributed by atoms with Crippen molar-refractivity contribution in [1.82, 2.24) is 5.16 Å². The number of halogens is 2. The number of aromatic nitrogens is 1. The average molecular weight is 388 g/mol. The molecular weight excluding hydrogens is 373 g/mol. The molecule has 2 aromatic rings. The third kappa shape index (κ3) is 5.15. The number of hydrogen-bond donors (Lipinski definition) is 2. The molecule has 0 bridgehead atoms. The molecule has 0 aliphatic carbocycles. The number of anilines is 2. The molecule has 2 N–H and O–H groups in total. The lowest BCUT2D eigenvalue weighted by Crippen LogP contribution is -2.25. The van der Waals surface area contributed by atoms with Crippen molar-refractivity contribution in [1.29, 1.82) is 0 Å². The third-order valence-corrected chi connectivity index (χ3v) is 4.90. The van der Waals surface area contributed by atoms with E-state index in [1.165, 1.54) is 11.8 Å². The molecule has 0 aliphatic heterocycles. The molecule has 6 nitrogen and oxygen atoms in total. The Balaban J connectivity index is 1.82. The van der Waals surface area contributed by atoms with Crippen molar-refractivity contribution in [3.8, 4) is 0 Å². The zero-order valence-electron chi connectivity index (χ0n) is 12.9. The SMILES string of the molecule is Cc1cc(NC(=O)C(C)SCC(=O)Nc2cccc(Cl)c2Cl)no1. The van der Waals surface area contributed by atoms with E-state index in [9.17, 15) is 9.59 Å². The quantitative estimate of drug-likeness (QED) is 0.782. The molecule has 1 aromatic heterocycles. The molecule has 24 heavy (non-hydrogen) atoms. The van der Waals surface area contributed by atoms with Crippen LogP contribution in [0.1, 0.15) is 12.7 Å². The van der Waals surface area contributed by atoms with Gasteiger partial charge in [0, 0.05) is 6.07 Å². The van der Waals surface area contributed by atoms with Gasteiger partial charge in [0.1, 0.15) is 5.76 Å². The Labute approximate surface area is 153 Å². The van der Waals surface area contributed by atoms with Crippen LogP contribution in [0, 0.1) is 6.92 Å². The molecule has 2 amide bonds. The molecule has 1 heterocycles. The fraction of sp³-hybridized carbons (Fsp3) is 0.267. The molecule has 1 aromatic carbocycles. The molecule has 1 unspecified atom stereocenters. The number of hydrogen-bond acceptors (Lipinski definition) is 5. The van der Waals surface area contributed by atoms with Crippen LogP contribution < -0.4 is 10.6 Å². The number of carbonyl (C=O) groups excluding carboxylic acids is 2. The lowest BCUT2D eigenvalue weighted by molar-refractivity contribution is -0.115. The monoisotopic (exact) mass is 387 g/mol. The van der Waals surface area contributed by atoms with Crippen LogP contribution >= 0.6 is 35.0 Å². The van der Waals surface area contributed by atoms with E-state index in [0.29, 0.717) is 22.3 Å². The highest BCUT2D eigenvalue weighted by Gasteiger charge is 2.17. The number of thioether (sulfide) groups is 1. The molecule has 0 fully saturated rings. The fourth-order valence-corrected chi connectivity index (χ4v) is 2.75. The van der Waals surface area contributed by atoms with Gasteiger partial charge in [0.25, 0.3) is 0 Å². The van der Waals surface area contributed by atoms with Crippen molar-refractivity contribution in [3.63, 3.8) is 0 Å². The maximum Gasteiger partial charge on any atom is 0.238 e. The second-order valence-corrected chi connectivity index (χ2v) is 7.03. The number of nitrogens with zero attached hydrogens (tertiary/aromatic N) is 1. The molecule has 1 atom stereocenters. The van der Waals surface area contributed by atoms with Crippen LogP contribution in [0.5, 0.6) is 0 Å². The van der Waals surface area contributed by atoms with Crippen molar-refractivity contribution in [2.45, 2.75) is 19.1 Å². The molecule has 128 valence electrons. The first-order valence-electron chi connectivity index (χ1n) is 6.96. The van der Waals surface area contributed by atoms with Crippen LogP contribution in [0.3, 0.4) is 0 Å². The van der Waals surface area contributed by atoms with Crippen LogP contribution in [0.2, 0.25) is 10.0 Å². The highest BCUT2D eigenvalue weighted by atomic mass is 35.5. The molecule has 0 aliphatic rings. The van der Waals surface area contributed by atoms with E-state index in [-0.39, 0.29) is 22.6 Å². The van der Waals surface area contributed by atoms with Gasteiger partial charge in [-0.25, -0.2) is 0 Å². The summed E-state index contributed by atoms with van der Waals surface area (Å²) in [6, 6.07) is 6.59. The fourth-order valence-electron chi connectivity index (χ4n) is 1.72. The van der Waals surface area contributed by atoms with Gasteiger partial charge in [-0.05, 0) is 26.0 Å². The number of carbonyl (C=O) groups is 2. The first kappa shape index (κ1) is 18.6. The van der Waals surface area contributed by atoms with E-state index in [1.54, 1.807) is 38.1 Å². The Kier molecular flexibility index (Phi) is 6.53. The number of nitrogens with one attached hydrogen (secondary N) is 2. The Morgan fingerprint density at radius 1 is 1.33 bits per heavy atom. The van der Waals surface area contributed by atoms with Crippen LogP contribution in [-0.2, 0) is 9.59 Å². The number of benzene rings is 1. The lowest BCUT2D eigenvalue weighted by atomic mass is 10.3. The predicted octanol–water partition coefficient (Wildman–Crippen LogP) is 3.99. The number of rotatable bonds is 6. The zero-order valence-corrected chi connectivity index (χ0v) is 15.3. The predicted molar refractivity (Wildman–Crippen MR) is 96.9 cm³/mol. The van der Waals surface area contributed by atoms with Gasteiger partial charge in [0.2, 0.25) is 11.8 Å². The van der Waals surface area contributed by atoms with Crippen molar-refractivity contribution >= 4 is 58.3 Å². The summed E-state index contributed by atoms with van der Waals surface area (Å²) >= 11 is 13.1. The third-order valence-electron chi connectivity index (χ3n) is 2.94. The van der Waals surface area contributed by atoms with E-state index >= 15 is 0 Å². The minimum atomic E-state index is -0.442. The summed E-state index contributed by atoms with van der Waals surface area (Å²) in [5, 5.41) is 9.16. The molecule has 2 rings (SSSR count). The second kappa shape index (κ2) is 8.41. The van der Waals surface area contributed by atoms with Crippen LogP contribution in [-0.4, -0.2) is 28.0 Å². The van der Waals surface area contributed by atoms with Gasteiger partial charge < -0.3 is 15.2 Å². The molecular formula is C15H15Cl2N3O3S. The van der Waals surface area contributed by atoms with Gasteiger partial charge in [0.05, 0.1) is 26.7 Å². The Bertz CT molecular complexity index is 751. The smallest absolute Gasteiger partial charge is 0.238 e. The van der Waals surface area contributed by atoms with Crippen LogP contribution in [0.4, 0.5) is 11.5 Å². The molecule has 9 heteroatoms. The number of amides is 2. The highest BCUT2D eigenvalue weighted by molar-refractivity contribution is 8.01. The maximum absolute atomic E-state index is 12.0. The zero-order chi connectivity index (χ0) is 17.7. The number of aryl methyl sites for hydroxylation is 1. The largest absolute Gasteiger partial charge is 0.360 e. The Morgan fingerprint density at radius 3 is 2.75 bits per heavy atom. The van der Waals surface area contributed by atoms with Crippen molar-refractivity contribution in [2.24, 2.45) is 0 Å². The lowest BCUT2D eigenvalue weighted by Gasteiger charge is -2.11. The van der Waals surface area contributed by atoms with E-state index in [2.05, 4.69) is 15.8 Å². The van der Waals surface area contributed by atoms with Crippen LogP contribution in [0.15, 0.2) is 28.8 Å². The van der Waals surface area contributed by atoms with Gasteiger partial charge in [0.15, 0.2) is 5.82 Å². The summed E-state index contributed by atoms with van der Waals surface area (Å²) < 4.78 is 4.87. The second-order valence-electron chi connectivity index (χ2n) is 4.91. The first-order chi connectivity index (χ1) is 11.4. The van der Waals surface area contributed by atoms with E-state index < -0.39 is 5.25 Å². The van der Waals surface area contributed by atoms with E-state index in [0.717, 1.165) is 0 Å². The summed E-state index contributed by atoms with van der Waals surface area (Å²) in [5.41, 5.74) is 0.435. The van der Waals surface area contributed by atoms with Gasteiger partial charge in [-0.2, -0.15) is 0 Å². The Hall–Kier alpha value is -1.70. The summed E-state index contributed by atoms with van der Waals surface area (Å²) in [6.45, 7) is 3.43. The highest BCUT2D eigenvalue weighted by Crippen LogP contribution is 2.29. The summed E-state index contributed by atoms with van der Waals surface area (Å²) in [6.07, 6.45) is 0. The van der Waals surface area contributed by atoms with Gasteiger partial charge in [-0.15, -0.1) is 11.8 Å². The van der Waals surface area contributed by atoms with Crippen LogP contribution in [0.25, 0.3) is 0 Å². The molecule has 0 spiro atoms. The topological polar surface area (TPSA) is 84.2 Å². The summed E-state index contributed by atoms with van der Waals surface area (Å²) in [5.74, 6) is 0.501. The minimum Gasteiger partial charge on any atom is -0.360 e. The maximum atomic E-state index is 12.0. The normalized spacial score (nSPS) is 11.8. The average Bonchev–Trinajstić information content (AvgIpc) is 2.94. The van der Waals surface area contributed by atoms with Crippen molar-refractivity contribution in [2.75, 3.05) is 16.4 Å². The minimum absolute atomic E-state index is 0.0925. The van der Waals surface area contributed by atoms with Gasteiger partial charge in [-0.1, -0.05) is 34.4 Å². The van der Waals surface area contributed by atoms with Crippen molar-refractivity contribution < 1.29 is 14.1 Å². The van der Waals surface area contributed by atoms with Gasteiger partial charge >= 0.3 is 0 Å². The van der Waals surface area contributed by atoms with E-state index in [1.807, 2.05) is 0 Å². The Morgan fingerprint density at radius 2 is 2.08 bits per heavy atom. The molecule has 0 saturated carbocycles. The summed E-state index contributed by atoms with van der Waals surface area (Å²) in [4.78, 5) is 24.0. The summed E-state index contributed by atoms with van der Waals surface area (Å²) in [7, 11) is 0. The van der Waals surface area contributed by atoms with Crippen molar-refractivity contribution in [3.05, 3.63) is 40.1 Å². The molecule has 0 saturated heterocycles. The first-order valence-corrected chi connectivity index (χ1v) is 8.77. The standard InChI is InChI=1S/C15H15Cl2N3O3S/c1-8-6-12(20-23-8)19-15(22)9(2)24-7-13(21)18-11-5-3-4-10(16)14(11)17/h3-6,9H,7H2,1-2H3,(H,18,21)(H,19,20,22). The molecule has 0 radical (unpaired) electrons. The van der Waals surface area contributed by atoms with Gasteiger partial charge in [-0.3, -0.25) is 9.59 Å². The van der Waals surface area contributed by atoms with E-state index in [4.69, 9.17) is 27.7 Å².